The molecule has 1 fully saturated rings. The molecule has 2 aliphatic rings. The third-order valence-corrected chi connectivity index (χ3v) is 7.20. The van der Waals surface area contributed by atoms with Crippen molar-refractivity contribution in [3.8, 4) is 0 Å². The number of nitrogens with zero attached hydrogens (tertiary/aromatic N) is 2. The highest BCUT2D eigenvalue weighted by Crippen LogP contribution is 2.28. The Labute approximate surface area is 216 Å². The average Bonchev–Trinajstić information content (AvgIpc) is 3.26. The van der Waals surface area contributed by atoms with Crippen LogP contribution in [0.5, 0.6) is 0 Å². The molecule has 1 saturated heterocycles. The van der Waals surface area contributed by atoms with Crippen LogP contribution in [-0.2, 0) is 22.5 Å². The molecule has 0 spiro atoms. The molecule has 2 aliphatic heterocycles. The number of piperidine rings is 1. The number of esters is 1. The number of benzene rings is 2. The first-order chi connectivity index (χ1) is 17.8. The zero-order chi connectivity index (χ0) is 26.1. The van der Waals surface area contributed by atoms with E-state index in [1.54, 1.807) is 11.0 Å². The van der Waals surface area contributed by atoms with Crippen molar-refractivity contribution in [2.24, 2.45) is 0 Å². The third-order valence-electron chi connectivity index (χ3n) is 6.85. The third kappa shape index (κ3) is 5.12. The number of oxazole rings is 1. The number of anilines is 1. The van der Waals surface area contributed by atoms with Crippen LogP contribution in [0, 0.1) is 0 Å². The molecule has 3 heterocycles. The lowest BCUT2D eigenvalue weighted by Gasteiger charge is -2.40. The van der Waals surface area contributed by atoms with E-state index in [-0.39, 0.29) is 18.5 Å². The Balaban J connectivity index is 1.22. The van der Waals surface area contributed by atoms with E-state index < -0.39 is 23.8 Å². The van der Waals surface area contributed by atoms with Gasteiger partial charge in [0.1, 0.15) is 6.04 Å². The Bertz CT molecular complexity index is 1410. The van der Waals surface area contributed by atoms with Crippen molar-refractivity contribution in [2.75, 3.05) is 25.5 Å². The Kier molecular flexibility index (Phi) is 6.79. The number of fused-ring (bicyclic) bond motifs is 2. The number of hydrogen-bond donors (Lipinski definition) is 3. The Morgan fingerprint density at radius 3 is 2.73 bits per heavy atom. The van der Waals surface area contributed by atoms with Crippen LogP contribution in [0.15, 0.2) is 45.6 Å². The molecule has 0 radical (unpaired) electrons. The summed E-state index contributed by atoms with van der Waals surface area (Å²) in [6.45, 7) is 1.38. The SMILES string of the molecule is COC(=O)C(Cc1cc2oc(=O)[nH]c2cc1Cl)NC(=O)N1CCC(N2Cc3ccccc3NC2=O)CC1. The number of likely N-dealkylation sites (tertiary alicyclic amines) is 1. The summed E-state index contributed by atoms with van der Waals surface area (Å²) in [4.78, 5) is 55.6. The van der Waals surface area contributed by atoms with Crippen molar-refractivity contribution in [3.63, 3.8) is 0 Å². The number of halogens is 1. The number of para-hydroxylation sites is 1. The quantitative estimate of drug-likeness (QED) is 0.436. The van der Waals surface area contributed by atoms with Gasteiger partial charge in [-0.1, -0.05) is 29.8 Å². The molecule has 5 rings (SSSR count). The van der Waals surface area contributed by atoms with Gasteiger partial charge in [0.15, 0.2) is 5.58 Å². The second kappa shape index (κ2) is 10.2. The standard InChI is InChI=1S/C25H26ClN5O6/c1-36-22(32)20(10-15-11-21-19(12-17(15)26)29-25(35)37-21)28-23(33)30-8-6-16(7-9-30)31-13-14-4-2-3-5-18(14)27-24(31)34/h2-5,11-12,16,20H,6-10,13H2,1H3,(H,27,34)(H,28,33)(H,29,35). The molecule has 11 nitrogen and oxygen atoms in total. The van der Waals surface area contributed by atoms with Crippen LogP contribution in [0.3, 0.4) is 0 Å². The Morgan fingerprint density at radius 2 is 1.97 bits per heavy atom. The van der Waals surface area contributed by atoms with E-state index in [9.17, 15) is 19.2 Å². The summed E-state index contributed by atoms with van der Waals surface area (Å²) in [6.07, 6.45) is 1.27. The first-order valence-corrected chi connectivity index (χ1v) is 12.3. The van der Waals surface area contributed by atoms with Crippen molar-refractivity contribution in [3.05, 3.63) is 63.1 Å². The van der Waals surface area contributed by atoms with E-state index in [0.717, 1.165) is 11.3 Å². The number of ether oxygens (including phenoxy) is 1. The largest absolute Gasteiger partial charge is 0.467 e. The molecule has 1 atom stereocenters. The number of nitrogens with one attached hydrogen (secondary N) is 3. The zero-order valence-electron chi connectivity index (χ0n) is 20.1. The second-order valence-corrected chi connectivity index (χ2v) is 9.52. The number of urea groups is 2. The summed E-state index contributed by atoms with van der Waals surface area (Å²) < 4.78 is 9.98. The number of aromatic amines is 1. The van der Waals surface area contributed by atoms with Gasteiger partial charge in [-0.05, 0) is 42.2 Å². The number of aromatic nitrogens is 1. The van der Waals surface area contributed by atoms with Crippen LogP contribution in [0.2, 0.25) is 5.02 Å². The van der Waals surface area contributed by atoms with E-state index in [1.165, 1.54) is 13.2 Å². The lowest BCUT2D eigenvalue weighted by atomic mass is 10.0. The molecule has 0 saturated carbocycles. The van der Waals surface area contributed by atoms with Gasteiger partial charge in [-0.25, -0.2) is 19.2 Å². The summed E-state index contributed by atoms with van der Waals surface area (Å²) in [6, 6.07) is 9.25. The van der Waals surface area contributed by atoms with E-state index in [4.69, 9.17) is 20.8 Å². The highest BCUT2D eigenvalue weighted by atomic mass is 35.5. The van der Waals surface area contributed by atoms with Gasteiger partial charge in [0.25, 0.3) is 0 Å². The maximum atomic E-state index is 13.0. The average molecular weight is 528 g/mol. The van der Waals surface area contributed by atoms with Crippen molar-refractivity contribution >= 4 is 46.4 Å². The number of carbonyl (C=O) groups is 3. The number of rotatable bonds is 5. The normalized spacial score (nSPS) is 16.8. The van der Waals surface area contributed by atoms with E-state index >= 15 is 0 Å². The number of carbonyl (C=O) groups excluding carboxylic acids is 3. The fraction of sp³-hybridized carbons (Fsp3) is 0.360. The van der Waals surface area contributed by atoms with E-state index in [2.05, 4.69) is 15.6 Å². The lowest BCUT2D eigenvalue weighted by Crippen LogP contribution is -2.54. The molecule has 0 bridgehead atoms. The van der Waals surface area contributed by atoms with Gasteiger partial charge in [0.2, 0.25) is 0 Å². The molecular formula is C25H26ClN5O6. The fourth-order valence-electron chi connectivity index (χ4n) is 4.86. The zero-order valence-corrected chi connectivity index (χ0v) is 20.8. The smallest absolute Gasteiger partial charge is 0.417 e. The number of hydrogen-bond acceptors (Lipinski definition) is 6. The first-order valence-electron chi connectivity index (χ1n) is 11.9. The molecule has 0 aliphatic carbocycles. The molecule has 37 heavy (non-hydrogen) atoms. The Morgan fingerprint density at radius 1 is 1.22 bits per heavy atom. The second-order valence-electron chi connectivity index (χ2n) is 9.12. The van der Waals surface area contributed by atoms with Gasteiger partial charge in [0, 0.05) is 42.8 Å². The van der Waals surface area contributed by atoms with Crippen LogP contribution in [0.4, 0.5) is 15.3 Å². The first kappa shape index (κ1) is 24.7. The van der Waals surface area contributed by atoms with Crippen molar-refractivity contribution in [1.82, 2.24) is 20.1 Å². The van der Waals surface area contributed by atoms with Crippen molar-refractivity contribution in [1.29, 1.82) is 0 Å². The topological polar surface area (TPSA) is 137 Å². The molecule has 3 aromatic rings. The van der Waals surface area contributed by atoms with Gasteiger partial charge in [-0.3, -0.25) is 4.98 Å². The molecule has 194 valence electrons. The monoisotopic (exact) mass is 527 g/mol. The minimum absolute atomic E-state index is 0.00431. The van der Waals surface area contributed by atoms with E-state index in [0.29, 0.717) is 54.2 Å². The molecule has 1 unspecified atom stereocenters. The lowest BCUT2D eigenvalue weighted by molar-refractivity contribution is -0.142. The molecule has 4 amide bonds. The van der Waals surface area contributed by atoms with Gasteiger partial charge in [0.05, 0.1) is 12.6 Å². The number of H-pyrrole nitrogens is 1. The predicted octanol–water partition coefficient (Wildman–Crippen LogP) is 3.08. The van der Waals surface area contributed by atoms with Crippen LogP contribution >= 0.6 is 11.6 Å². The fourth-order valence-corrected chi connectivity index (χ4v) is 5.10. The number of amides is 4. The minimum atomic E-state index is -1.000. The van der Waals surface area contributed by atoms with Gasteiger partial charge in [-0.2, -0.15) is 0 Å². The summed E-state index contributed by atoms with van der Waals surface area (Å²) in [5.74, 6) is -1.24. The molecule has 12 heteroatoms. The summed E-state index contributed by atoms with van der Waals surface area (Å²) in [7, 11) is 1.24. The number of methoxy groups -OCH3 is 1. The van der Waals surface area contributed by atoms with Crippen molar-refractivity contribution < 1.29 is 23.5 Å². The summed E-state index contributed by atoms with van der Waals surface area (Å²) in [5, 5.41) is 5.99. The molecule has 3 N–H and O–H groups in total. The summed E-state index contributed by atoms with van der Waals surface area (Å²) >= 11 is 6.35. The summed E-state index contributed by atoms with van der Waals surface area (Å²) in [5.41, 5.74) is 3.13. The van der Waals surface area contributed by atoms with Gasteiger partial charge < -0.3 is 29.6 Å². The minimum Gasteiger partial charge on any atom is -0.467 e. The van der Waals surface area contributed by atoms with Gasteiger partial charge in [-0.15, -0.1) is 0 Å². The molecule has 1 aromatic heterocycles. The predicted molar refractivity (Wildman–Crippen MR) is 135 cm³/mol. The Hall–Kier alpha value is -3.99. The maximum absolute atomic E-state index is 13.0. The highest BCUT2D eigenvalue weighted by molar-refractivity contribution is 6.32. The van der Waals surface area contributed by atoms with Crippen molar-refractivity contribution in [2.45, 2.75) is 37.9 Å². The molecular weight excluding hydrogens is 502 g/mol. The van der Waals surface area contributed by atoms with Crippen LogP contribution in [0.1, 0.15) is 24.0 Å². The highest BCUT2D eigenvalue weighted by Gasteiger charge is 2.33. The van der Waals surface area contributed by atoms with E-state index in [1.807, 2.05) is 29.2 Å². The molecule has 2 aromatic carbocycles. The van der Waals surface area contributed by atoms with Gasteiger partial charge >= 0.3 is 23.8 Å². The maximum Gasteiger partial charge on any atom is 0.417 e. The van der Waals surface area contributed by atoms with Crippen LogP contribution in [0.25, 0.3) is 11.1 Å². The van der Waals surface area contributed by atoms with Crippen LogP contribution in [-0.4, -0.2) is 65.1 Å². The van der Waals surface area contributed by atoms with Crippen LogP contribution < -0.4 is 16.4 Å².